The molecular weight excluding hydrogens is 816 g/mol. The van der Waals surface area contributed by atoms with E-state index in [2.05, 4.69) is 13.8 Å². The number of fused-ring (bicyclic) bond motifs is 6. The number of aliphatic hydroxyl groups excluding tert-OH is 5. The highest BCUT2D eigenvalue weighted by Gasteiger charge is 2.61. The molecule has 0 aromatic heterocycles. The van der Waals surface area contributed by atoms with E-state index < -0.39 is 95.7 Å². The number of hydrogen-bond acceptors (Lipinski definition) is 15. The molecule has 0 aromatic carbocycles. The Balaban J connectivity index is 1.14. The fourth-order valence-corrected chi connectivity index (χ4v) is 11.9. The molecule has 0 aromatic rings. The predicted molar refractivity (Wildman–Crippen MR) is 220 cm³/mol. The lowest BCUT2D eigenvalue weighted by atomic mass is 9.81. The van der Waals surface area contributed by atoms with Crippen LogP contribution < -0.4 is 0 Å². The lowest BCUT2D eigenvalue weighted by Crippen LogP contribution is -2.61. The highest BCUT2D eigenvalue weighted by Crippen LogP contribution is 2.53. The maximum atomic E-state index is 13.6. The number of carbonyl (C=O) groups excluding carboxylic acids is 1. The Labute approximate surface area is 366 Å². The monoisotopic (exact) mass is 890 g/mol. The van der Waals surface area contributed by atoms with Crippen LogP contribution in [0.2, 0.25) is 0 Å². The van der Waals surface area contributed by atoms with E-state index in [-0.39, 0.29) is 62.4 Å². The summed E-state index contributed by atoms with van der Waals surface area (Å²) in [5, 5.41) is 55.5. The first-order chi connectivity index (χ1) is 29.1. The van der Waals surface area contributed by atoms with Crippen LogP contribution in [0.15, 0.2) is 0 Å². The minimum absolute atomic E-state index is 0.0409. The Kier molecular flexibility index (Phi) is 16.1. The van der Waals surface area contributed by atoms with E-state index in [1.165, 1.54) is 0 Å². The molecule has 352 valence electrons. The van der Waals surface area contributed by atoms with E-state index >= 15 is 0 Å². The molecule has 7 aliphatic rings. The number of hydrogen-bond donors (Lipinski definition) is 5. The van der Waals surface area contributed by atoms with Crippen molar-refractivity contribution in [2.75, 3.05) is 20.8 Å². The van der Waals surface area contributed by atoms with Crippen LogP contribution in [-0.2, 0) is 47.4 Å². The molecule has 3 spiro atoms. The molecule has 20 atom stereocenters. The third-order valence-corrected chi connectivity index (χ3v) is 15.9. The van der Waals surface area contributed by atoms with Crippen LogP contribution in [0.4, 0.5) is 0 Å². The summed E-state index contributed by atoms with van der Waals surface area (Å²) in [4.78, 5) is 13.6. The molecular formula is C45H75ClO15. The molecule has 0 saturated carbocycles. The van der Waals surface area contributed by atoms with Crippen molar-refractivity contribution < 1.29 is 73.0 Å². The van der Waals surface area contributed by atoms with Crippen molar-refractivity contribution in [3.05, 3.63) is 0 Å². The number of methoxy groups -OCH3 is 2. The van der Waals surface area contributed by atoms with Gasteiger partial charge in [-0.2, -0.15) is 0 Å². The van der Waals surface area contributed by atoms with Gasteiger partial charge in [-0.05, 0) is 82.5 Å². The summed E-state index contributed by atoms with van der Waals surface area (Å²) in [7, 11) is 3.20. The van der Waals surface area contributed by atoms with Crippen LogP contribution >= 0.6 is 11.6 Å². The Morgan fingerprint density at radius 1 is 0.705 bits per heavy atom. The minimum Gasteiger partial charge on any atom is -0.459 e. The van der Waals surface area contributed by atoms with Crippen molar-refractivity contribution >= 4 is 17.6 Å². The van der Waals surface area contributed by atoms with Crippen molar-refractivity contribution in [1.29, 1.82) is 0 Å². The molecule has 7 saturated heterocycles. The quantitative estimate of drug-likeness (QED) is 0.196. The van der Waals surface area contributed by atoms with Gasteiger partial charge >= 0.3 is 5.97 Å². The Morgan fingerprint density at radius 3 is 2.16 bits per heavy atom. The van der Waals surface area contributed by atoms with Gasteiger partial charge in [0.1, 0.15) is 24.4 Å². The summed E-state index contributed by atoms with van der Waals surface area (Å²) < 4.78 is 58.2. The molecule has 7 aliphatic heterocycles. The summed E-state index contributed by atoms with van der Waals surface area (Å²) in [5.74, 6) is -4.09. The van der Waals surface area contributed by atoms with Gasteiger partial charge in [0.25, 0.3) is 0 Å². The molecule has 9 bridgehead atoms. The average Bonchev–Trinajstić information content (AvgIpc) is 3.55. The zero-order valence-corrected chi connectivity index (χ0v) is 37.7. The first-order valence-corrected chi connectivity index (χ1v) is 23.8. The highest BCUT2D eigenvalue weighted by atomic mass is 35.5. The normalized spacial score (nSPS) is 50.8. The largest absolute Gasteiger partial charge is 0.459 e. The molecule has 15 nitrogen and oxygen atoms in total. The SMILES string of the molecule is CO[C@H]1CC[C@]23CC[C@H](C)[C@@H](C[C@@H](O)C[C@H](O)C[C@@H]4CCC[C@H](CC(=O)O[C@H]5C[C@@]6(O[C@H]5CCO)O[C@]5(CC[C@@H]6C)C[C@@H](OC)[C@H](Cl)[C@@H](CC[C@H](C)[C@H](O)[C@H](O)[C@H]1O2)O5)O4)O3. The van der Waals surface area contributed by atoms with E-state index in [1.54, 1.807) is 14.2 Å². The summed E-state index contributed by atoms with van der Waals surface area (Å²) in [5.41, 5.74) is 0. The van der Waals surface area contributed by atoms with Gasteiger partial charge in [-0.25, -0.2) is 0 Å². The zero-order valence-electron chi connectivity index (χ0n) is 36.9. The number of carbonyl (C=O) groups is 1. The first kappa shape index (κ1) is 48.2. The van der Waals surface area contributed by atoms with Crippen LogP contribution in [0.3, 0.4) is 0 Å². The Morgan fingerprint density at radius 2 is 1.41 bits per heavy atom. The molecule has 5 N–H and O–H groups in total. The van der Waals surface area contributed by atoms with Crippen LogP contribution in [0, 0.1) is 17.8 Å². The minimum atomic E-state index is -1.29. The summed E-state index contributed by atoms with van der Waals surface area (Å²) in [6.07, 6.45) is -0.233. The number of aliphatic hydroxyl groups is 5. The van der Waals surface area contributed by atoms with E-state index in [0.29, 0.717) is 70.6 Å². The molecule has 61 heavy (non-hydrogen) atoms. The van der Waals surface area contributed by atoms with Crippen LogP contribution in [0.1, 0.15) is 136 Å². The maximum absolute atomic E-state index is 13.6. The summed E-state index contributed by atoms with van der Waals surface area (Å²) in [6.45, 7) is 5.86. The average molecular weight is 892 g/mol. The van der Waals surface area contributed by atoms with Crippen molar-refractivity contribution in [3.8, 4) is 0 Å². The highest BCUT2D eigenvalue weighted by molar-refractivity contribution is 6.21. The fraction of sp³-hybridized carbons (Fsp3) is 0.978. The lowest BCUT2D eigenvalue weighted by molar-refractivity contribution is -0.414. The molecule has 0 unspecified atom stereocenters. The molecule has 7 fully saturated rings. The maximum Gasteiger partial charge on any atom is 0.308 e. The van der Waals surface area contributed by atoms with Gasteiger partial charge in [0.15, 0.2) is 17.4 Å². The van der Waals surface area contributed by atoms with Crippen molar-refractivity contribution in [3.63, 3.8) is 0 Å². The Hall–Kier alpha value is -0.760. The molecule has 7 heterocycles. The number of alkyl halides is 1. The van der Waals surface area contributed by atoms with Gasteiger partial charge in [0, 0.05) is 65.3 Å². The van der Waals surface area contributed by atoms with E-state index in [0.717, 1.165) is 19.3 Å². The van der Waals surface area contributed by atoms with Gasteiger partial charge < -0.3 is 68.2 Å². The van der Waals surface area contributed by atoms with E-state index in [9.17, 15) is 30.3 Å². The number of ether oxygens (including phenoxy) is 9. The number of esters is 1. The van der Waals surface area contributed by atoms with E-state index in [1.807, 2.05) is 6.92 Å². The lowest BCUT2D eigenvalue weighted by Gasteiger charge is -2.54. The topological polar surface area (TPSA) is 201 Å². The van der Waals surface area contributed by atoms with Crippen LogP contribution in [-0.4, -0.2) is 154 Å². The van der Waals surface area contributed by atoms with Gasteiger partial charge in [-0.3, -0.25) is 4.79 Å². The number of halogens is 1. The molecule has 16 heteroatoms. The first-order valence-electron chi connectivity index (χ1n) is 23.4. The molecule has 0 radical (unpaired) electrons. The van der Waals surface area contributed by atoms with Crippen molar-refractivity contribution in [1.82, 2.24) is 0 Å². The second kappa shape index (κ2) is 20.4. The second-order valence-electron chi connectivity index (χ2n) is 19.8. The van der Waals surface area contributed by atoms with E-state index in [4.69, 9.17) is 54.2 Å². The standard InChI is InChI=1S/C45H75ClO15/c1-25-11-15-43-17-13-34(53-4)42(60-43)41(52)40(51)26(2)9-10-33-39(46)37(54-5)23-44(57-33)16-12-27(3)45(61-44)24-36(32(59-45)14-18-47)56-38(50)22-31-8-6-7-30(55-31)20-28(48)19-29(49)21-35(25)58-43/h25-37,39-42,47-49,51-52H,6-24H2,1-5H3/t25-,26-,27-,28-,29-,30-,31+,32-,33+,34-,35+,36-,37+,39+,40-,41-,42-,43-,44+,45+/m0/s1. The van der Waals surface area contributed by atoms with Crippen molar-refractivity contribution in [2.24, 2.45) is 17.8 Å². The molecule has 7 rings (SSSR count). The third-order valence-electron chi connectivity index (χ3n) is 15.3. The number of rotatable bonds is 4. The van der Waals surface area contributed by atoms with Gasteiger partial charge in [-0.15, -0.1) is 11.6 Å². The predicted octanol–water partition coefficient (Wildman–Crippen LogP) is 4.40. The van der Waals surface area contributed by atoms with Gasteiger partial charge in [0.2, 0.25) is 0 Å². The van der Waals surface area contributed by atoms with Gasteiger partial charge in [0.05, 0.1) is 66.7 Å². The third kappa shape index (κ3) is 10.9. The van der Waals surface area contributed by atoms with Crippen LogP contribution in [0.5, 0.6) is 0 Å². The van der Waals surface area contributed by atoms with Gasteiger partial charge in [-0.1, -0.05) is 20.8 Å². The zero-order chi connectivity index (χ0) is 43.7. The summed E-state index contributed by atoms with van der Waals surface area (Å²) >= 11 is 7.08. The van der Waals surface area contributed by atoms with Crippen LogP contribution in [0.25, 0.3) is 0 Å². The van der Waals surface area contributed by atoms with Crippen molar-refractivity contribution in [2.45, 2.75) is 238 Å². The Bertz CT molecular complexity index is 1430. The molecule has 0 amide bonds. The fourth-order valence-electron chi connectivity index (χ4n) is 11.5. The molecule has 0 aliphatic carbocycles. The smallest absolute Gasteiger partial charge is 0.308 e. The second-order valence-corrected chi connectivity index (χ2v) is 20.3. The summed E-state index contributed by atoms with van der Waals surface area (Å²) in [6, 6.07) is 0.